The van der Waals surface area contributed by atoms with Crippen molar-refractivity contribution < 1.29 is 35.9 Å². The number of amides is 1. The Labute approximate surface area is 177 Å². The SMILES string of the molecule is O=C1Nc2nccc(-c3cc(C(F)(F)F)cc(N4CCCNCC4)n3)c2[C@H](C(F)(F)F)O1. The molecule has 0 bridgehead atoms. The quantitative estimate of drug-likeness (QED) is 0.655. The minimum Gasteiger partial charge on any atom is -0.431 e. The van der Waals surface area contributed by atoms with Crippen LogP contribution in [0.15, 0.2) is 24.4 Å². The maximum absolute atomic E-state index is 13.6. The van der Waals surface area contributed by atoms with E-state index < -0.39 is 41.5 Å². The molecule has 2 aliphatic rings. The van der Waals surface area contributed by atoms with E-state index in [1.165, 1.54) is 0 Å². The summed E-state index contributed by atoms with van der Waals surface area (Å²) in [6.45, 7) is 2.02. The molecule has 1 fully saturated rings. The summed E-state index contributed by atoms with van der Waals surface area (Å²) in [5, 5.41) is 5.19. The van der Waals surface area contributed by atoms with Crippen LogP contribution in [0.5, 0.6) is 0 Å². The largest absolute Gasteiger partial charge is 0.431 e. The minimum absolute atomic E-state index is 0.00610. The van der Waals surface area contributed by atoms with Crippen molar-refractivity contribution in [2.75, 3.05) is 36.4 Å². The van der Waals surface area contributed by atoms with Crippen LogP contribution in [-0.4, -0.2) is 48.4 Å². The molecule has 32 heavy (non-hydrogen) atoms. The van der Waals surface area contributed by atoms with Crippen molar-refractivity contribution in [3.8, 4) is 11.3 Å². The number of halogens is 6. The predicted octanol–water partition coefficient (Wildman–Crippen LogP) is 4.13. The maximum atomic E-state index is 13.6. The van der Waals surface area contributed by atoms with Crippen LogP contribution >= 0.6 is 0 Å². The summed E-state index contributed by atoms with van der Waals surface area (Å²) in [5.74, 6) is -0.450. The molecule has 7 nitrogen and oxygen atoms in total. The van der Waals surface area contributed by atoms with E-state index in [0.717, 1.165) is 18.3 Å². The van der Waals surface area contributed by atoms with Crippen molar-refractivity contribution in [3.63, 3.8) is 0 Å². The first-order chi connectivity index (χ1) is 15.0. The zero-order chi connectivity index (χ0) is 23.1. The van der Waals surface area contributed by atoms with Gasteiger partial charge in [-0.25, -0.2) is 14.8 Å². The fourth-order valence-electron chi connectivity index (χ4n) is 3.64. The molecule has 4 rings (SSSR count). The molecule has 1 atom stereocenters. The second kappa shape index (κ2) is 8.11. The summed E-state index contributed by atoms with van der Waals surface area (Å²) < 4.78 is 86.2. The molecule has 2 aliphatic heterocycles. The number of ether oxygens (including phenoxy) is 1. The van der Waals surface area contributed by atoms with Gasteiger partial charge in [-0.3, -0.25) is 5.32 Å². The lowest BCUT2D eigenvalue weighted by Gasteiger charge is -2.29. The van der Waals surface area contributed by atoms with Crippen molar-refractivity contribution in [1.29, 1.82) is 0 Å². The van der Waals surface area contributed by atoms with Gasteiger partial charge in [0.2, 0.25) is 6.10 Å². The lowest BCUT2D eigenvalue weighted by Crippen LogP contribution is -2.34. The number of alkyl halides is 6. The average Bonchev–Trinajstić information content (AvgIpc) is 3.00. The lowest BCUT2D eigenvalue weighted by atomic mass is 9.98. The molecule has 1 amide bonds. The Hall–Kier alpha value is -3.09. The van der Waals surface area contributed by atoms with Gasteiger partial charge in [0.15, 0.2) is 0 Å². The number of anilines is 2. The van der Waals surface area contributed by atoms with E-state index in [-0.39, 0.29) is 17.1 Å². The number of aromatic nitrogens is 2. The monoisotopic (exact) mass is 461 g/mol. The average molecular weight is 461 g/mol. The lowest BCUT2D eigenvalue weighted by molar-refractivity contribution is -0.206. The summed E-state index contributed by atoms with van der Waals surface area (Å²) in [7, 11) is 0. The highest BCUT2D eigenvalue weighted by molar-refractivity contribution is 5.89. The van der Waals surface area contributed by atoms with Crippen molar-refractivity contribution in [3.05, 3.63) is 35.5 Å². The van der Waals surface area contributed by atoms with Crippen LogP contribution in [0.25, 0.3) is 11.3 Å². The topological polar surface area (TPSA) is 79.4 Å². The van der Waals surface area contributed by atoms with Gasteiger partial charge in [0.25, 0.3) is 0 Å². The Balaban J connectivity index is 1.89. The normalized spacial score (nSPS) is 19.6. The van der Waals surface area contributed by atoms with Gasteiger partial charge in [0.05, 0.1) is 16.8 Å². The molecule has 172 valence electrons. The number of hydrogen-bond donors (Lipinski definition) is 2. The van der Waals surface area contributed by atoms with Gasteiger partial charge in [0, 0.05) is 31.4 Å². The standard InChI is InChI=1S/C19H17F6N5O2/c20-18(21,22)10-8-12(28-13(9-10)30-6-1-3-26-5-7-30)11-2-4-27-16-14(11)15(19(23,24)25)32-17(31)29-16/h2,4,8-9,15,26H,1,3,5-7H2,(H,27,29,31)/t15-/m1/s1. The smallest absolute Gasteiger partial charge is 0.430 e. The molecule has 0 saturated carbocycles. The van der Waals surface area contributed by atoms with Crippen LogP contribution < -0.4 is 15.5 Å². The second-order valence-electron chi connectivity index (χ2n) is 7.26. The highest BCUT2D eigenvalue weighted by Crippen LogP contribution is 2.46. The van der Waals surface area contributed by atoms with Crippen LogP contribution in [0.4, 0.5) is 42.8 Å². The molecular weight excluding hydrogens is 444 g/mol. The second-order valence-corrected chi connectivity index (χ2v) is 7.26. The van der Waals surface area contributed by atoms with Gasteiger partial charge < -0.3 is 15.0 Å². The third-order valence-corrected chi connectivity index (χ3v) is 5.07. The Morgan fingerprint density at radius 1 is 1.09 bits per heavy atom. The molecule has 2 aromatic rings. The summed E-state index contributed by atoms with van der Waals surface area (Å²) in [4.78, 5) is 21.2. The summed E-state index contributed by atoms with van der Waals surface area (Å²) in [6, 6.07) is 2.68. The molecule has 0 unspecified atom stereocenters. The molecule has 2 aromatic heterocycles. The van der Waals surface area contributed by atoms with E-state index in [2.05, 4.69) is 25.3 Å². The molecule has 13 heteroatoms. The highest BCUT2D eigenvalue weighted by Gasteiger charge is 2.49. The van der Waals surface area contributed by atoms with Gasteiger partial charge in [0.1, 0.15) is 11.6 Å². The number of rotatable bonds is 2. The first kappa shape index (κ1) is 22.1. The van der Waals surface area contributed by atoms with Gasteiger partial charge >= 0.3 is 18.4 Å². The van der Waals surface area contributed by atoms with Crippen molar-refractivity contribution in [2.45, 2.75) is 24.9 Å². The zero-order valence-corrected chi connectivity index (χ0v) is 16.3. The maximum Gasteiger partial charge on any atom is 0.430 e. The van der Waals surface area contributed by atoms with E-state index in [1.807, 2.05) is 0 Å². The molecule has 0 radical (unpaired) electrons. The fourth-order valence-corrected chi connectivity index (χ4v) is 3.64. The van der Waals surface area contributed by atoms with E-state index in [9.17, 15) is 31.1 Å². The number of fused-ring (bicyclic) bond motifs is 1. The molecule has 4 heterocycles. The number of pyridine rings is 2. The van der Waals surface area contributed by atoms with E-state index in [4.69, 9.17) is 0 Å². The fraction of sp³-hybridized carbons (Fsp3) is 0.421. The number of hydrogen-bond acceptors (Lipinski definition) is 6. The molecule has 0 aromatic carbocycles. The van der Waals surface area contributed by atoms with Crippen LogP contribution in [0, 0.1) is 0 Å². The van der Waals surface area contributed by atoms with E-state index >= 15 is 0 Å². The number of carbonyl (C=O) groups excluding carboxylic acids is 1. The molecule has 2 N–H and O–H groups in total. The van der Waals surface area contributed by atoms with Gasteiger partial charge in [-0.15, -0.1) is 0 Å². The number of nitrogens with one attached hydrogen (secondary N) is 2. The Kier molecular flexibility index (Phi) is 5.61. The molecule has 0 spiro atoms. The number of cyclic esters (lactones) is 1. The van der Waals surface area contributed by atoms with Crippen molar-refractivity contribution in [2.24, 2.45) is 0 Å². The first-order valence-corrected chi connectivity index (χ1v) is 9.62. The third-order valence-electron chi connectivity index (χ3n) is 5.07. The Bertz CT molecular complexity index is 1020. The Morgan fingerprint density at radius 3 is 2.59 bits per heavy atom. The van der Waals surface area contributed by atoms with Crippen LogP contribution in [0.3, 0.4) is 0 Å². The van der Waals surface area contributed by atoms with Crippen molar-refractivity contribution >= 4 is 17.7 Å². The van der Waals surface area contributed by atoms with E-state index in [0.29, 0.717) is 38.7 Å². The van der Waals surface area contributed by atoms with Gasteiger partial charge in [-0.05, 0) is 31.2 Å². The summed E-state index contributed by atoms with van der Waals surface area (Å²) in [6.07, 6.45) is -12.1. The predicted molar refractivity (Wildman–Crippen MR) is 101 cm³/mol. The van der Waals surface area contributed by atoms with Crippen LogP contribution in [0.1, 0.15) is 23.7 Å². The summed E-state index contributed by atoms with van der Waals surface area (Å²) in [5.41, 5.74) is -2.25. The van der Waals surface area contributed by atoms with Crippen LogP contribution in [-0.2, 0) is 10.9 Å². The van der Waals surface area contributed by atoms with E-state index in [1.54, 1.807) is 4.90 Å². The zero-order valence-electron chi connectivity index (χ0n) is 16.3. The number of carbonyl (C=O) groups is 1. The molecule has 1 saturated heterocycles. The van der Waals surface area contributed by atoms with Gasteiger partial charge in [-0.1, -0.05) is 0 Å². The highest BCUT2D eigenvalue weighted by atomic mass is 19.4. The minimum atomic E-state index is -5.01. The summed E-state index contributed by atoms with van der Waals surface area (Å²) >= 11 is 0. The van der Waals surface area contributed by atoms with Gasteiger partial charge in [-0.2, -0.15) is 26.3 Å². The number of nitrogens with zero attached hydrogens (tertiary/aromatic N) is 3. The Morgan fingerprint density at radius 2 is 1.88 bits per heavy atom. The third kappa shape index (κ3) is 4.42. The molecule has 0 aliphatic carbocycles. The van der Waals surface area contributed by atoms with Crippen molar-refractivity contribution in [1.82, 2.24) is 15.3 Å². The molecular formula is C19H17F6N5O2. The van der Waals surface area contributed by atoms with Crippen LogP contribution in [0.2, 0.25) is 0 Å². The first-order valence-electron chi connectivity index (χ1n) is 9.62.